The predicted octanol–water partition coefficient (Wildman–Crippen LogP) is 6.31. The number of benzene rings is 2. The van der Waals surface area contributed by atoms with Crippen LogP contribution in [0.2, 0.25) is 0 Å². The monoisotopic (exact) mass is 549 g/mol. The van der Waals surface area contributed by atoms with Gasteiger partial charge in [0.2, 0.25) is 5.13 Å². The second-order valence-corrected chi connectivity index (χ2v) is 11.5. The molecule has 9 nitrogen and oxygen atoms in total. The lowest BCUT2D eigenvalue weighted by Crippen LogP contribution is -2.55. The van der Waals surface area contributed by atoms with Crippen molar-refractivity contribution in [2.75, 3.05) is 64.2 Å². The Bertz CT molecular complexity index is 1620. The Balaban J connectivity index is 1.58. The summed E-state index contributed by atoms with van der Waals surface area (Å²) in [5.41, 5.74) is 3.61. The smallest absolute Gasteiger partial charge is 0.378 e. The first-order valence-electron chi connectivity index (χ1n) is 12.8. The maximum atomic E-state index is 13.5. The highest BCUT2D eigenvalue weighted by Crippen LogP contribution is 2.43. The summed E-state index contributed by atoms with van der Waals surface area (Å²) in [5, 5.41) is 9.32. The first-order valence-corrected chi connectivity index (χ1v) is 13.6. The molecule has 2 aromatic carbocycles. The second kappa shape index (κ2) is 10.9. The molecule has 2 aliphatic rings. The largest absolute Gasteiger partial charge is 0.528 e. The Morgan fingerprint density at radius 1 is 1.02 bits per heavy atom. The number of hydrogen-bond donors (Lipinski definition) is 0. The predicted molar refractivity (Wildman–Crippen MR) is 160 cm³/mol. The van der Waals surface area contributed by atoms with Gasteiger partial charge in [0.25, 0.3) is 0 Å². The van der Waals surface area contributed by atoms with Gasteiger partial charge in [-0.05, 0) is 35.9 Å². The SMILES string of the molecule is [C-]#[N+]C([N+]#[C-])=C1C(=Cc2sc(N=Nc3ccc(N(C)C)cc3)nc2N2CC[N+](C)(C)CC2)C(=O)c2ccccc21. The fourth-order valence-corrected chi connectivity index (χ4v) is 5.61. The lowest BCUT2D eigenvalue weighted by Gasteiger charge is -2.39. The van der Waals surface area contributed by atoms with Crippen LogP contribution in [-0.2, 0) is 0 Å². The highest BCUT2D eigenvalue weighted by molar-refractivity contribution is 7.16. The third-order valence-electron chi connectivity index (χ3n) is 7.16. The number of carbonyl (C=O) groups is 1. The van der Waals surface area contributed by atoms with E-state index in [0.717, 1.165) is 47.0 Å². The summed E-state index contributed by atoms with van der Waals surface area (Å²) in [6, 6.07) is 14.9. The van der Waals surface area contributed by atoms with Crippen molar-refractivity contribution in [2.24, 2.45) is 10.2 Å². The molecule has 1 aliphatic heterocycles. The zero-order chi connectivity index (χ0) is 28.4. The number of fused-ring (bicyclic) bond motifs is 1. The van der Waals surface area contributed by atoms with Gasteiger partial charge in [-0.2, -0.15) is 14.7 Å². The van der Waals surface area contributed by atoms with Crippen molar-refractivity contribution in [3.63, 3.8) is 0 Å². The number of hydrogen-bond acceptors (Lipinski definition) is 7. The molecule has 1 aliphatic carbocycles. The number of piperazine rings is 1. The van der Waals surface area contributed by atoms with Crippen LogP contribution in [0.5, 0.6) is 0 Å². The highest BCUT2D eigenvalue weighted by atomic mass is 32.1. The van der Waals surface area contributed by atoms with E-state index in [4.69, 9.17) is 18.1 Å². The van der Waals surface area contributed by atoms with Crippen molar-refractivity contribution in [1.29, 1.82) is 0 Å². The van der Waals surface area contributed by atoms with E-state index in [-0.39, 0.29) is 11.6 Å². The van der Waals surface area contributed by atoms with E-state index in [9.17, 15) is 4.79 Å². The van der Waals surface area contributed by atoms with Crippen molar-refractivity contribution >= 4 is 51.1 Å². The van der Waals surface area contributed by atoms with E-state index in [1.807, 2.05) is 49.3 Å². The minimum atomic E-state index is -0.199. The number of quaternary nitrogens is 1. The molecule has 5 rings (SSSR count). The van der Waals surface area contributed by atoms with E-state index >= 15 is 0 Å². The number of carbonyl (C=O) groups excluding carboxylic acids is 1. The van der Waals surface area contributed by atoms with Crippen LogP contribution >= 0.6 is 11.3 Å². The molecule has 2 heterocycles. The Morgan fingerprint density at radius 3 is 2.30 bits per heavy atom. The van der Waals surface area contributed by atoms with Gasteiger partial charge in [-0.1, -0.05) is 35.6 Å². The summed E-state index contributed by atoms with van der Waals surface area (Å²) in [4.78, 5) is 30.3. The molecule has 10 heteroatoms. The Labute approximate surface area is 238 Å². The standard InChI is InChI=1S/C30H29N8OS/c1-31-28(32-2)26-22-9-7-8-10-23(22)27(39)24(26)19-25-29(37-15-17-38(5,6)18-16-37)33-30(40-25)35-34-20-11-13-21(14-12-20)36(3)4/h7-14,19H,15-18H2,3-6H3/q+1. The number of ketones is 1. The fraction of sp³-hybridized carbons (Fsp3) is 0.267. The van der Waals surface area contributed by atoms with Gasteiger partial charge in [0, 0.05) is 30.9 Å². The summed E-state index contributed by atoms with van der Waals surface area (Å²) in [6.07, 6.45) is 1.78. The molecule has 0 N–H and O–H groups in total. The summed E-state index contributed by atoms with van der Waals surface area (Å²) in [7, 11) is 8.39. The lowest BCUT2D eigenvalue weighted by atomic mass is 10.0. The van der Waals surface area contributed by atoms with Crippen molar-refractivity contribution in [1.82, 2.24) is 4.98 Å². The van der Waals surface area contributed by atoms with Gasteiger partial charge in [-0.25, -0.2) is 0 Å². The Kier molecular flexibility index (Phi) is 7.31. The molecule has 1 fully saturated rings. The molecule has 1 saturated heterocycles. The van der Waals surface area contributed by atoms with Crippen LogP contribution in [-0.4, -0.2) is 69.6 Å². The first kappa shape index (κ1) is 26.9. The molecule has 0 radical (unpaired) electrons. The summed E-state index contributed by atoms with van der Waals surface area (Å²) in [6.45, 7) is 18.7. The van der Waals surface area contributed by atoms with Gasteiger partial charge in [0.1, 0.15) is 19.0 Å². The van der Waals surface area contributed by atoms with Gasteiger partial charge < -0.3 is 14.3 Å². The Morgan fingerprint density at radius 2 is 1.68 bits per heavy atom. The molecule has 3 aromatic rings. The normalized spacial score (nSPS) is 17.1. The third kappa shape index (κ3) is 5.28. The molecule has 0 saturated carbocycles. The lowest BCUT2D eigenvalue weighted by molar-refractivity contribution is -0.890. The van der Waals surface area contributed by atoms with E-state index in [2.05, 4.69) is 38.9 Å². The maximum absolute atomic E-state index is 13.5. The van der Waals surface area contributed by atoms with Crippen LogP contribution in [0.25, 0.3) is 21.3 Å². The first-order chi connectivity index (χ1) is 19.2. The van der Waals surface area contributed by atoms with Crippen LogP contribution in [0.15, 0.2) is 70.2 Å². The molecular weight excluding hydrogens is 520 g/mol. The van der Waals surface area contributed by atoms with Crippen molar-refractivity contribution in [3.05, 3.63) is 98.8 Å². The number of nitrogens with zero attached hydrogens (tertiary/aromatic N) is 8. The average molecular weight is 550 g/mol. The summed E-state index contributed by atoms with van der Waals surface area (Å²) >= 11 is 1.34. The number of aromatic nitrogens is 1. The van der Waals surface area contributed by atoms with Crippen LogP contribution in [0.3, 0.4) is 0 Å². The van der Waals surface area contributed by atoms with Gasteiger partial charge in [0.15, 0.2) is 5.78 Å². The van der Waals surface area contributed by atoms with Gasteiger partial charge in [-0.15, -0.1) is 10.2 Å². The van der Waals surface area contributed by atoms with Gasteiger partial charge in [-0.3, -0.25) is 4.79 Å². The molecule has 200 valence electrons. The minimum Gasteiger partial charge on any atom is -0.378 e. The number of Topliss-reactive ketones (excluding diaryl/α,β-unsaturated/α-hetero) is 1. The van der Waals surface area contributed by atoms with E-state index in [0.29, 0.717) is 33.1 Å². The quantitative estimate of drug-likeness (QED) is 0.162. The van der Waals surface area contributed by atoms with Crippen molar-refractivity contribution in [3.8, 4) is 0 Å². The third-order valence-corrected chi connectivity index (χ3v) is 8.03. The average Bonchev–Trinajstić information content (AvgIpc) is 3.47. The molecule has 0 amide bonds. The van der Waals surface area contributed by atoms with Crippen LogP contribution in [0.1, 0.15) is 20.8 Å². The fourth-order valence-electron chi connectivity index (χ4n) is 4.76. The Hall–Kier alpha value is -4.64. The molecule has 1 aromatic heterocycles. The van der Waals surface area contributed by atoms with Gasteiger partial charge in [0.05, 0.1) is 56.4 Å². The zero-order valence-electron chi connectivity index (χ0n) is 22.9. The molecular formula is C30H29N8OS+. The molecule has 0 atom stereocenters. The number of rotatable bonds is 5. The molecule has 0 spiro atoms. The number of likely N-dealkylation sites (N-methyl/N-ethyl adjacent to an activating group) is 1. The molecule has 0 bridgehead atoms. The minimum absolute atomic E-state index is 0.117. The van der Waals surface area contributed by atoms with Crippen molar-refractivity contribution in [2.45, 2.75) is 0 Å². The number of azo groups is 1. The van der Waals surface area contributed by atoms with Gasteiger partial charge >= 0.3 is 5.82 Å². The number of allylic oxidation sites excluding steroid dienone is 2. The topological polar surface area (TPSA) is 69.9 Å². The molecule has 0 unspecified atom stereocenters. The maximum Gasteiger partial charge on any atom is 0.528 e. The van der Waals surface area contributed by atoms with E-state index < -0.39 is 0 Å². The second-order valence-electron chi connectivity index (χ2n) is 10.5. The van der Waals surface area contributed by atoms with Crippen LogP contribution in [0, 0.1) is 13.1 Å². The van der Waals surface area contributed by atoms with Crippen LogP contribution in [0.4, 0.5) is 22.3 Å². The highest BCUT2D eigenvalue weighted by Gasteiger charge is 2.36. The summed E-state index contributed by atoms with van der Waals surface area (Å²) in [5.74, 6) is 0.424. The van der Waals surface area contributed by atoms with Crippen LogP contribution < -0.4 is 9.80 Å². The number of thiazole rings is 1. The molecule has 40 heavy (non-hydrogen) atoms. The zero-order valence-corrected chi connectivity index (χ0v) is 23.7. The van der Waals surface area contributed by atoms with E-state index in [1.165, 1.54) is 11.3 Å². The van der Waals surface area contributed by atoms with E-state index in [1.54, 1.807) is 24.3 Å². The number of anilines is 2. The summed E-state index contributed by atoms with van der Waals surface area (Å²) < 4.78 is 0.923. The van der Waals surface area contributed by atoms with Crippen molar-refractivity contribution < 1.29 is 9.28 Å².